The van der Waals surface area contributed by atoms with E-state index in [4.69, 9.17) is 9.47 Å². The molecule has 37 heavy (non-hydrogen) atoms. The first-order valence-corrected chi connectivity index (χ1v) is 11.4. The van der Waals surface area contributed by atoms with E-state index in [1.54, 1.807) is 42.5 Å². The van der Waals surface area contributed by atoms with E-state index in [0.29, 0.717) is 48.7 Å². The summed E-state index contributed by atoms with van der Waals surface area (Å²) in [4.78, 5) is 38.8. The Bertz CT molecular complexity index is 1590. The van der Waals surface area contributed by atoms with Gasteiger partial charge in [0.05, 0.1) is 41.9 Å². The van der Waals surface area contributed by atoms with Crippen LogP contribution in [-0.2, 0) is 4.74 Å². The Hall–Kier alpha value is -4.77. The summed E-state index contributed by atoms with van der Waals surface area (Å²) in [6, 6.07) is 15.7. The first-order chi connectivity index (χ1) is 17.9. The number of morpholine rings is 1. The third-order valence-electron chi connectivity index (χ3n) is 6.23. The van der Waals surface area contributed by atoms with Crippen LogP contribution in [0.4, 0.5) is 11.4 Å². The topological polar surface area (TPSA) is 137 Å². The number of nitrogens with zero attached hydrogens (tertiary/aromatic N) is 4. The van der Waals surface area contributed by atoms with E-state index in [9.17, 15) is 24.8 Å². The zero-order chi connectivity index (χ0) is 26.1. The fourth-order valence-electron chi connectivity index (χ4n) is 4.40. The third-order valence-corrected chi connectivity index (χ3v) is 6.23. The minimum Gasteiger partial charge on any atom is -0.497 e. The molecule has 5 rings (SSSR count). The standard InChI is InChI=1S/C26H22N4O7/c1-36-19-13-16(12-17(14-19)26(32)33)24-20-4-2-3-5-21(20)25(31)29(27-24)23-15-18(6-7-22(23)30(34)35)28-8-10-37-11-9-28/h2-7,12-15H,8-11H2,1H3,(H,32,33). The molecule has 1 aliphatic rings. The van der Waals surface area contributed by atoms with Gasteiger partial charge in [-0.05, 0) is 36.4 Å². The molecule has 0 bridgehead atoms. The lowest BCUT2D eigenvalue weighted by Gasteiger charge is -2.29. The predicted molar refractivity (Wildman–Crippen MR) is 136 cm³/mol. The van der Waals surface area contributed by atoms with Crippen molar-refractivity contribution in [2.75, 3.05) is 38.3 Å². The van der Waals surface area contributed by atoms with Gasteiger partial charge in [-0.2, -0.15) is 9.78 Å². The highest BCUT2D eigenvalue weighted by molar-refractivity contribution is 5.96. The molecule has 1 saturated heterocycles. The van der Waals surface area contributed by atoms with Crippen LogP contribution < -0.4 is 15.2 Å². The first-order valence-electron chi connectivity index (χ1n) is 11.4. The van der Waals surface area contributed by atoms with Gasteiger partial charge in [0.25, 0.3) is 11.2 Å². The molecular weight excluding hydrogens is 480 g/mol. The predicted octanol–water partition coefficient (Wildman–Crippen LogP) is 3.50. The van der Waals surface area contributed by atoms with Gasteiger partial charge in [0, 0.05) is 35.8 Å². The van der Waals surface area contributed by atoms with E-state index in [1.165, 1.54) is 25.3 Å². The second-order valence-corrected chi connectivity index (χ2v) is 8.40. The first kappa shape index (κ1) is 23.9. The van der Waals surface area contributed by atoms with Crippen LogP contribution in [0.3, 0.4) is 0 Å². The van der Waals surface area contributed by atoms with Crippen molar-refractivity contribution in [3.63, 3.8) is 0 Å². The molecule has 4 aromatic rings. The number of fused-ring (bicyclic) bond motifs is 1. The van der Waals surface area contributed by atoms with Gasteiger partial charge >= 0.3 is 5.97 Å². The molecular formula is C26H22N4O7. The van der Waals surface area contributed by atoms with Gasteiger partial charge in [-0.15, -0.1) is 0 Å². The monoisotopic (exact) mass is 502 g/mol. The lowest BCUT2D eigenvalue weighted by atomic mass is 10.0. The summed E-state index contributed by atoms with van der Waals surface area (Å²) >= 11 is 0. The molecule has 3 aromatic carbocycles. The molecule has 2 heterocycles. The van der Waals surface area contributed by atoms with Gasteiger partial charge in [0.2, 0.25) is 0 Å². The second-order valence-electron chi connectivity index (χ2n) is 8.40. The highest BCUT2D eigenvalue weighted by atomic mass is 16.6. The highest BCUT2D eigenvalue weighted by Crippen LogP contribution is 2.32. The molecule has 0 radical (unpaired) electrons. The van der Waals surface area contributed by atoms with Gasteiger partial charge < -0.3 is 19.5 Å². The quantitative estimate of drug-likeness (QED) is 0.310. The molecule has 0 spiro atoms. The number of benzene rings is 3. The van der Waals surface area contributed by atoms with Crippen molar-refractivity contribution in [3.05, 3.63) is 86.7 Å². The van der Waals surface area contributed by atoms with Crippen molar-refractivity contribution >= 4 is 28.1 Å². The van der Waals surface area contributed by atoms with Crippen LogP contribution in [0.1, 0.15) is 10.4 Å². The smallest absolute Gasteiger partial charge is 0.335 e. The SMILES string of the molecule is COc1cc(C(=O)O)cc(-c2nn(-c3cc(N4CCOCC4)ccc3[N+](=O)[O-])c(=O)c3ccccc23)c1. The number of nitro groups is 1. The fourth-order valence-corrected chi connectivity index (χ4v) is 4.40. The van der Waals surface area contributed by atoms with E-state index in [-0.39, 0.29) is 28.0 Å². The van der Waals surface area contributed by atoms with E-state index < -0.39 is 16.5 Å². The van der Waals surface area contributed by atoms with Crippen molar-refractivity contribution < 1.29 is 24.3 Å². The van der Waals surface area contributed by atoms with Crippen molar-refractivity contribution in [2.45, 2.75) is 0 Å². The Balaban J connectivity index is 1.80. The van der Waals surface area contributed by atoms with Crippen molar-refractivity contribution in [3.8, 4) is 22.7 Å². The van der Waals surface area contributed by atoms with Crippen LogP contribution in [0, 0.1) is 10.1 Å². The van der Waals surface area contributed by atoms with E-state index in [1.807, 2.05) is 4.90 Å². The summed E-state index contributed by atoms with van der Waals surface area (Å²) in [5.41, 5.74) is 0.511. The Morgan fingerprint density at radius 1 is 1.08 bits per heavy atom. The van der Waals surface area contributed by atoms with Crippen LogP contribution in [0.25, 0.3) is 27.7 Å². The summed E-state index contributed by atoms with van der Waals surface area (Å²) in [6.07, 6.45) is 0. The third kappa shape index (κ3) is 4.47. The molecule has 11 heteroatoms. The molecule has 188 valence electrons. The number of anilines is 1. The van der Waals surface area contributed by atoms with Gasteiger partial charge in [-0.25, -0.2) is 4.79 Å². The van der Waals surface area contributed by atoms with Gasteiger partial charge in [-0.3, -0.25) is 14.9 Å². The summed E-state index contributed by atoms with van der Waals surface area (Å²) in [6.45, 7) is 2.24. The second kappa shape index (κ2) is 9.70. The Morgan fingerprint density at radius 3 is 2.49 bits per heavy atom. The fraction of sp³-hybridized carbons (Fsp3) is 0.192. The molecule has 0 amide bonds. The maximum absolute atomic E-state index is 13.6. The Morgan fingerprint density at radius 2 is 1.81 bits per heavy atom. The van der Waals surface area contributed by atoms with Crippen LogP contribution >= 0.6 is 0 Å². The number of methoxy groups -OCH3 is 1. The van der Waals surface area contributed by atoms with Crippen LogP contribution in [0.15, 0.2) is 65.5 Å². The maximum Gasteiger partial charge on any atom is 0.335 e. The number of carboxylic acid groups (broad SMARTS) is 1. The number of ether oxygens (including phenoxy) is 2. The Labute approximate surface area is 210 Å². The molecule has 0 saturated carbocycles. The number of hydrogen-bond acceptors (Lipinski definition) is 8. The normalized spacial score (nSPS) is 13.5. The molecule has 0 unspecified atom stereocenters. The molecule has 0 atom stereocenters. The molecule has 1 N–H and O–H groups in total. The van der Waals surface area contributed by atoms with Crippen molar-refractivity contribution in [1.29, 1.82) is 0 Å². The molecule has 11 nitrogen and oxygen atoms in total. The summed E-state index contributed by atoms with van der Waals surface area (Å²) in [5.74, 6) is -0.870. The molecule has 1 aliphatic heterocycles. The molecule has 1 fully saturated rings. The number of carbonyl (C=O) groups is 1. The zero-order valence-corrected chi connectivity index (χ0v) is 19.8. The average molecular weight is 502 g/mol. The molecule has 0 aliphatic carbocycles. The summed E-state index contributed by atoms with van der Waals surface area (Å²) in [5, 5.41) is 26.9. The van der Waals surface area contributed by atoms with E-state index in [2.05, 4.69) is 5.10 Å². The number of aromatic carboxylic acids is 1. The van der Waals surface area contributed by atoms with Gasteiger partial charge in [-0.1, -0.05) is 18.2 Å². The average Bonchev–Trinajstić information content (AvgIpc) is 2.93. The van der Waals surface area contributed by atoms with Gasteiger partial charge in [0.1, 0.15) is 11.4 Å². The Kier molecular flexibility index (Phi) is 6.28. The number of carboxylic acids is 1. The van der Waals surface area contributed by atoms with Crippen LogP contribution in [-0.4, -0.2) is 59.2 Å². The number of nitro benzene ring substituents is 1. The summed E-state index contributed by atoms with van der Waals surface area (Å²) < 4.78 is 11.7. The largest absolute Gasteiger partial charge is 0.497 e. The number of hydrogen-bond donors (Lipinski definition) is 1. The van der Waals surface area contributed by atoms with Crippen LogP contribution in [0.5, 0.6) is 5.75 Å². The molecule has 1 aromatic heterocycles. The van der Waals surface area contributed by atoms with Crippen molar-refractivity contribution in [1.82, 2.24) is 9.78 Å². The number of rotatable bonds is 6. The summed E-state index contributed by atoms with van der Waals surface area (Å²) in [7, 11) is 1.41. The minimum absolute atomic E-state index is 0.00680. The van der Waals surface area contributed by atoms with Gasteiger partial charge in [0.15, 0.2) is 0 Å². The van der Waals surface area contributed by atoms with E-state index >= 15 is 0 Å². The highest BCUT2D eigenvalue weighted by Gasteiger charge is 2.23. The lowest BCUT2D eigenvalue weighted by Crippen LogP contribution is -2.36. The van der Waals surface area contributed by atoms with E-state index in [0.717, 1.165) is 4.68 Å². The van der Waals surface area contributed by atoms with Crippen LogP contribution in [0.2, 0.25) is 0 Å². The maximum atomic E-state index is 13.6. The lowest BCUT2D eigenvalue weighted by molar-refractivity contribution is -0.384. The minimum atomic E-state index is -1.16. The number of aromatic nitrogens is 2. The van der Waals surface area contributed by atoms with Crippen molar-refractivity contribution in [2.24, 2.45) is 0 Å². The zero-order valence-electron chi connectivity index (χ0n) is 19.8.